The van der Waals surface area contributed by atoms with Crippen molar-refractivity contribution in [2.24, 2.45) is 5.73 Å². The number of benzene rings is 1. The van der Waals surface area contributed by atoms with Gasteiger partial charge in [-0.2, -0.15) is 0 Å². The van der Waals surface area contributed by atoms with E-state index in [1.165, 1.54) is 11.1 Å². The summed E-state index contributed by atoms with van der Waals surface area (Å²) in [5.41, 5.74) is 9.45. The first kappa shape index (κ1) is 14.8. The summed E-state index contributed by atoms with van der Waals surface area (Å²) < 4.78 is 0. The van der Waals surface area contributed by atoms with Gasteiger partial charge < -0.3 is 10.7 Å². The highest BCUT2D eigenvalue weighted by Crippen LogP contribution is 2.24. The zero-order valence-corrected chi connectivity index (χ0v) is 12.7. The van der Waals surface area contributed by atoms with Crippen LogP contribution in [-0.4, -0.2) is 16.5 Å². The SMILES string of the molecule is CCCC(CN)c1ncc(-c2ccc(C(C)C)cc2)[nH]1. The molecule has 3 nitrogen and oxygen atoms in total. The summed E-state index contributed by atoms with van der Waals surface area (Å²) in [6.45, 7) is 7.24. The van der Waals surface area contributed by atoms with E-state index in [1.54, 1.807) is 0 Å². The third-order valence-electron chi connectivity index (χ3n) is 3.79. The fourth-order valence-corrected chi connectivity index (χ4v) is 2.45. The van der Waals surface area contributed by atoms with Crippen LogP contribution in [0.2, 0.25) is 0 Å². The first-order valence-corrected chi connectivity index (χ1v) is 7.51. The molecule has 0 radical (unpaired) electrons. The Kier molecular flexibility index (Phi) is 4.96. The largest absolute Gasteiger partial charge is 0.342 e. The van der Waals surface area contributed by atoms with Gasteiger partial charge in [0.1, 0.15) is 5.82 Å². The van der Waals surface area contributed by atoms with Gasteiger partial charge in [0.15, 0.2) is 0 Å². The smallest absolute Gasteiger partial charge is 0.110 e. The molecule has 2 rings (SSSR count). The Labute approximate surface area is 121 Å². The molecule has 0 saturated carbocycles. The Hall–Kier alpha value is -1.61. The molecule has 0 bridgehead atoms. The van der Waals surface area contributed by atoms with Crippen molar-refractivity contribution < 1.29 is 0 Å². The lowest BCUT2D eigenvalue weighted by atomic mass is 10.0. The molecular weight excluding hydrogens is 246 g/mol. The summed E-state index contributed by atoms with van der Waals surface area (Å²) in [6.07, 6.45) is 4.12. The number of nitrogens with zero attached hydrogens (tertiary/aromatic N) is 1. The van der Waals surface area contributed by atoms with Crippen LogP contribution in [0.4, 0.5) is 0 Å². The van der Waals surface area contributed by atoms with E-state index in [9.17, 15) is 0 Å². The van der Waals surface area contributed by atoms with Crippen molar-refractivity contribution in [1.82, 2.24) is 9.97 Å². The van der Waals surface area contributed by atoms with Crippen LogP contribution >= 0.6 is 0 Å². The molecule has 0 spiro atoms. The molecule has 1 unspecified atom stereocenters. The van der Waals surface area contributed by atoms with Crippen LogP contribution in [0.15, 0.2) is 30.5 Å². The van der Waals surface area contributed by atoms with Crippen molar-refractivity contribution in [3.8, 4) is 11.3 Å². The molecule has 0 aliphatic rings. The van der Waals surface area contributed by atoms with E-state index < -0.39 is 0 Å². The second-order valence-corrected chi connectivity index (χ2v) is 5.68. The van der Waals surface area contributed by atoms with Crippen molar-refractivity contribution in [3.63, 3.8) is 0 Å². The number of aromatic amines is 1. The Bertz CT molecular complexity index is 525. The molecule has 3 heteroatoms. The second kappa shape index (κ2) is 6.71. The van der Waals surface area contributed by atoms with E-state index in [0.717, 1.165) is 24.4 Å². The molecule has 0 fully saturated rings. The Morgan fingerprint density at radius 3 is 2.45 bits per heavy atom. The molecule has 1 heterocycles. The number of hydrogen-bond donors (Lipinski definition) is 2. The molecule has 0 saturated heterocycles. The molecule has 2 aromatic rings. The van der Waals surface area contributed by atoms with Crippen LogP contribution in [0.5, 0.6) is 0 Å². The summed E-state index contributed by atoms with van der Waals surface area (Å²) in [5, 5.41) is 0. The maximum absolute atomic E-state index is 5.83. The summed E-state index contributed by atoms with van der Waals surface area (Å²) >= 11 is 0. The molecule has 0 aliphatic carbocycles. The standard InChI is InChI=1S/C17H25N3/c1-4-5-15(10-18)17-19-11-16(20-17)14-8-6-13(7-9-14)12(2)3/h6-9,11-12,15H,4-5,10,18H2,1-3H3,(H,19,20). The van der Waals surface area contributed by atoms with Crippen molar-refractivity contribution in [2.45, 2.75) is 45.4 Å². The normalized spacial score (nSPS) is 12.8. The van der Waals surface area contributed by atoms with E-state index in [2.05, 4.69) is 55.0 Å². The number of H-pyrrole nitrogens is 1. The van der Waals surface area contributed by atoms with Gasteiger partial charge in [0.25, 0.3) is 0 Å². The molecule has 1 aromatic carbocycles. The predicted molar refractivity (Wildman–Crippen MR) is 84.8 cm³/mol. The Morgan fingerprint density at radius 1 is 1.20 bits per heavy atom. The summed E-state index contributed by atoms with van der Waals surface area (Å²) in [4.78, 5) is 7.93. The topological polar surface area (TPSA) is 54.7 Å². The number of imidazole rings is 1. The molecular formula is C17H25N3. The molecule has 1 atom stereocenters. The molecule has 1 aromatic heterocycles. The monoisotopic (exact) mass is 271 g/mol. The molecule has 0 amide bonds. The second-order valence-electron chi connectivity index (χ2n) is 5.68. The lowest BCUT2D eigenvalue weighted by molar-refractivity contribution is 0.595. The van der Waals surface area contributed by atoms with E-state index in [4.69, 9.17) is 5.73 Å². The fourth-order valence-electron chi connectivity index (χ4n) is 2.45. The van der Waals surface area contributed by atoms with Crippen molar-refractivity contribution in [2.75, 3.05) is 6.54 Å². The van der Waals surface area contributed by atoms with Gasteiger partial charge in [-0.05, 0) is 23.5 Å². The highest BCUT2D eigenvalue weighted by atomic mass is 14.9. The van der Waals surface area contributed by atoms with Crippen LogP contribution in [-0.2, 0) is 0 Å². The van der Waals surface area contributed by atoms with Gasteiger partial charge in [-0.25, -0.2) is 4.98 Å². The van der Waals surface area contributed by atoms with Crippen molar-refractivity contribution >= 4 is 0 Å². The van der Waals surface area contributed by atoms with Crippen molar-refractivity contribution in [3.05, 3.63) is 41.9 Å². The minimum Gasteiger partial charge on any atom is -0.342 e. The number of rotatable bonds is 6. The zero-order chi connectivity index (χ0) is 14.5. The van der Waals surface area contributed by atoms with Gasteiger partial charge >= 0.3 is 0 Å². The summed E-state index contributed by atoms with van der Waals surface area (Å²) in [5.74, 6) is 1.91. The van der Waals surface area contributed by atoms with Gasteiger partial charge in [0.2, 0.25) is 0 Å². The average molecular weight is 271 g/mol. The minimum absolute atomic E-state index is 0.337. The van der Waals surface area contributed by atoms with E-state index in [1.807, 2.05) is 6.20 Å². The average Bonchev–Trinajstić information content (AvgIpc) is 2.94. The van der Waals surface area contributed by atoms with Gasteiger partial charge in [0, 0.05) is 12.5 Å². The summed E-state index contributed by atoms with van der Waals surface area (Å²) in [6, 6.07) is 8.69. The molecule has 0 aliphatic heterocycles. The number of aromatic nitrogens is 2. The lowest BCUT2D eigenvalue weighted by Crippen LogP contribution is -2.13. The predicted octanol–water partition coefficient (Wildman–Crippen LogP) is 4.04. The summed E-state index contributed by atoms with van der Waals surface area (Å²) in [7, 11) is 0. The third-order valence-corrected chi connectivity index (χ3v) is 3.79. The highest BCUT2D eigenvalue weighted by molar-refractivity contribution is 5.59. The van der Waals surface area contributed by atoms with Crippen LogP contribution in [0.3, 0.4) is 0 Å². The van der Waals surface area contributed by atoms with Crippen LogP contribution in [0.25, 0.3) is 11.3 Å². The number of nitrogens with one attached hydrogen (secondary N) is 1. The van der Waals surface area contributed by atoms with Crippen LogP contribution in [0.1, 0.15) is 56.8 Å². The van der Waals surface area contributed by atoms with Gasteiger partial charge in [0.05, 0.1) is 11.9 Å². The number of nitrogens with two attached hydrogens (primary N) is 1. The highest BCUT2D eigenvalue weighted by Gasteiger charge is 2.13. The Balaban J connectivity index is 2.19. The minimum atomic E-state index is 0.337. The third kappa shape index (κ3) is 3.28. The van der Waals surface area contributed by atoms with E-state index in [0.29, 0.717) is 18.4 Å². The fraction of sp³-hybridized carbons (Fsp3) is 0.471. The van der Waals surface area contributed by atoms with Gasteiger partial charge in [-0.1, -0.05) is 51.5 Å². The quantitative estimate of drug-likeness (QED) is 0.833. The maximum Gasteiger partial charge on any atom is 0.110 e. The molecule has 20 heavy (non-hydrogen) atoms. The first-order valence-electron chi connectivity index (χ1n) is 7.51. The Morgan fingerprint density at radius 2 is 1.90 bits per heavy atom. The van der Waals surface area contributed by atoms with E-state index >= 15 is 0 Å². The number of hydrogen-bond acceptors (Lipinski definition) is 2. The zero-order valence-electron chi connectivity index (χ0n) is 12.7. The van der Waals surface area contributed by atoms with Crippen molar-refractivity contribution in [1.29, 1.82) is 0 Å². The van der Waals surface area contributed by atoms with Crippen LogP contribution < -0.4 is 5.73 Å². The first-order chi connectivity index (χ1) is 9.65. The molecule has 3 N–H and O–H groups in total. The maximum atomic E-state index is 5.83. The van der Waals surface area contributed by atoms with Crippen LogP contribution in [0, 0.1) is 0 Å². The van der Waals surface area contributed by atoms with Gasteiger partial charge in [-0.15, -0.1) is 0 Å². The van der Waals surface area contributed by atoms with Gasteiger partial charge in [-0.3, -0.25) is 0 Å². The molecule has 108 valence electrons. The van der Waals surface area contributed by atoms with E-state index in [-0.39, 0.29) is 0 Å². The lowest BCUT2D eigenvalue weighted by Gasteiger charge is -2.10.